The van der Waals surface area contributed by atoms with Crippen LogP contribution in [0.15, 0.2) is 55.0 Å². The van der Waals surface area contributed by atoms with Crippen molar-refractivity contribution >= 4 is 27.8 Å². The molecule has 1 aromatic carbocycles. The second kappa shape index (κ2) is 8.13. The second-order valence-electron chi connectivity index (χ2n) is 9.62. The topological polar surface area (TPSA) is 82.6 Å². The zero-order valence-corrected chi connectivity index (χ0v) is 19.8. The molecule has 2 aliphatic rings. The minimum Gasteiger partial charge on any atom is -0.353 e. The van der Waals surface area contributed by atoms with E-state index in [4.69, 9.17) is 9.97 Å². The molecular formula is C28H27N7. The predicted molar refractivity (Wildman–Crippen MR) is 140 cm³/mol. The number of aryl methyl sites for hydroxylation is 1. The number of aromatic amines is 1. The highest BCUT2D eigenvalue weighted by atomic mass is 15.2. The van der Waals surface area contributed by atoms with Gasteiger partial charge in [0.15, 0.2) is 5.82 Å². The molecular weight excluding hydrogens is 434 g/mol. The summed E-state index contributed by atoms with van der Waals surface area (Å²) < 4.78 is 0. The fourth-order valence-corrected chi connectivity index (χ4v) is 5.26. The van der Waals surface area contributed by atoms with Crippen LogP contribution in [0.2, 0.25) is 0 Å². The first-order valence-corrected chi connectivity index (χ1v) is 12.4. The molecule has 0 spiro atoms. The van der Waals surface area contributed by atoms with Crippen molar-refractivity contribution in [1.82, 2.24) is 30.2 Å². The molecule has 35 heavy (non-hydrogen) atoms. The van der Waals surface area contributed by atoms with Crippen molar-refractivity contribution in [2.45, 2.75) is 25.7 Å². The maximum absolute atomic E-state index is 5.23. The molecule has 174 valence electrons. The number of nitrogens with one attached hydrogen (secondary N) is 2. The van der Waals surface area contributed by atoms with Gasteiger partial charge in [-0.1, -0.05) is 24.3 Å². The average molecular weight is 462 g/mol. The Hall–Kier alpha value is -3.84. The molecule has 0 unspecified atom stereocenters. The lowest BCUT2D eigenvalue weighted by molar-refractivity contribution is 0.586. The summed E-state index contributed by atoms with van der Waals surface area (Å²) in [5.41, 5.74) is 7.51. The normalized spacial score (nSPS) is 16.3. The quantitative estimate of drug-likeness (QED) is 0.399. The molecule has 0 bridgehead atoms. The summed E-state index contributed by atoms with van der Waals surface area (Å²) in [6, 6.07) is 12.6. The monoisotopic (exact) mass is 461 g/mol. The number of aromatic nitrogens is 5. The van der Waals surface area contributed by atoms with Gasteiger partial charge in [0, 0.05) is 66.2 Å². The second-order valence-corrected chi connectivity index (χ2v) is 9.62. The van der Waals surface area contributed by atoms with Gasteiger partial charge in [-0.15, -0.1) is 0 Å². The smallest absolute Gasteiger partial charge is 0.163 e. The van der Waals surface area contributed by atoms with Crippen molar-refractivity contribution < 1.29 is 0 Å². The Balaban J connectivity index is 1.44. The van der Waals surface area contributed by atoms with Crippen LogP contribution in [0.5, 0.6) is 0 Å². The van der Waals surface area contributed by atoms with Crippen molar-refractivity contribution in [3.8, 4) is 22.6 Å². The summed E-state index contributed by atoms with van der Waals surface area (Å²) in [6.45, 7) is 5.92. The predicted octanol–water partition coefficient (Wildman–Crippen LogP) is 4.83. The number of piperazine rings is 1. The van der Waals surface area contributed by atoms with Crippen LogP contribution in [0, 0.1) is 6.92 Å². The van der Waals surface area contributed by atoms with Crippen molar-refractivity contribution in [1.29, 1.82) is 0 Å². The van der Waals surface area contributed by atoms with Crippen LogP contribution in [-0.4, -0.2) is 51.1 Å². The standard InChI is InChI=1S/C28H27N7/c1-17-4-2-3-5-19(17)23-14-21-20(8-9-31-26(21)32-23)27-33-24-16-30-15-22(18-6-7-18)25(24)28(34-27)35-12-10-29-11-13-35/h2-5,8-9,14-16,18,29H,6-7,10-13H2,1H3,(H,31,32). The lowest BCUT2D eigenvalue weighted by atomic mass is 10.0. The molecule has 4 aromatic heterocycles. The number of hydrogen-bond acceptors (Lipinski definition) is 6. The molecule has 7 rings (SSSR count). The first-order valence-electron chi connectivity index (χ1n) is 12.4. The minimum atomic E-state index is 0.580. The van der Waals surface area contributed by atoms with Gasteiger partial charge < -0.3 is 15.2 Å². The van der Waals surface area contributed by atoms with Gasteiger partial charge in [0.2, 0.25) is 0 Å². The van der Waals surface area contributed by atoms with E-state index < -0.39 is 0 Å². The summed E-state index contributed by atoms with van der Waals surface area (Å²) in [5.74, 6) is 2.34. The third-order valence-electron chi connectivity index (χ3n) is 7.26. The van der Waals surface area contributed by atoms with E-state index in [1.54, 1.807) is 0 Å². The van der Waals surface area contributed by atoms with Gasteiger partial charge in [0.05, 0.1) is 11.7 Å². The number of benzene rings is 1. The molecule has 2 N–H and O–H groups in total. The minimum absolute atomic E-state index is 0.580. The summed E-state index contributed by atoms with van der Waals surface area (Å²) in [5, 5.41) is 5.67. The van der Waals surface area contributed by atoms with Crippen LogP contribution in [-0.2, 0) is 0 Å². The molecule has 0 atom stereocenters. The van der Waals surface area contributed by atoms with E-state index in [0.29, 0.717) is 5.92 Å². The molecule has 0 amide bonds. The number of fused-ring (bicyclic) bond motifs is 2. The highest BCUT2D eigenvalue weighted by molar-refractivity contribution is 5.98. The van der Waals surface area contributed by atoms with E-state index in [2.05, 4.69) is 62.4 Å². The lowest BCUT2D eigenvalue weighted by Gasteiger charge is -2.30. The molecule has 5 heterocycles. The molecule has 1 saturated heterocycles. The number of hydrogen-bond donors (Lipinski definition) is 2. The fourth-order valence-electron chi connectivity index (χ4n) is 5.26. The molecule has 7 heteroatoms. The molecule has 1 aliphatic heterocycles. The lowest BCUT2D eigenvalue weighted by Crippen LogP contribution is -2.44. The summed E-state index contributed by atoms with van der Waals surface area (Å²) in [7, 11) is 0. The van der Waals surface area contributed by atoms with Crippen LogP contribution >= 0.6 is 0 Å². The van der Waals surface area contributed by atoms with Gasteiger partial charge in [0.25, 0.3) is 0 Å². The largest absolute Gasteiger partial charge is 0.353 e. The van der Waals surface area contributed by atoms with Gasteiger partial charge in [-0.2, -0.15) is 0 Å². The van der Waals surface area contributed by atoms with E-state index >= 15 is 0 Å². The van der Waals surface area contributed by atoms with Gasteiger partial charge in [-0.25, -0.2) is 15.0 Å². The molecule has 1 saturated carbocycles. The molecule has 5 aromatic rings. The molecule has 7 nitrogen and oxygen atoms in total. The Morgan fingerprint density at radius 2 is 1.83 bits per heavy atom. The number of pyridine rings is 2. The molecule has 2 fully saturated rings. The summed E-state index contributed by atoms with van der Waals surface area (Å²) in [6.07, 6.45) is 8.21. The van der Waals surface area contributed by atoms with Crippen molar-refractivity contribution in [2.75, 3.05) is 31.1 Å². The Bertz CT molecular complexity index is 1560. The van der Waals surface area contributed by atoms with Gasteiger partial charge in [-0.3, -0.25) is 4.98 Å². The van der Waals surface area contributed by atoms with Gasteiger partial charge in [0.1, 0.15) is 11.5 Å². The van der Waals surface area contributed by atoms with Gasteiger partial charge in [-0.05, 0) is 48.9 Å². The van der Waals surface area contributed by atoms with Crippen molar-refractivity contribution in [3.05, 3.63) is 66.1 Å². The number of nitrogens with zero attached hydrogens (tertiary/aromatic N) is 5. The van der Waals surface area contributed by atoms with Crippen LogP contribution in [0.1, 0.15) is 29.9 Å². The van der Waals surface area contributed by atoms with Crippen molar-refractivity contribution in [3.63, 3.8) is 0 Å². The van der Waals surface area contributed by atoms with Gasteiger partial charge >= 0.3 is 0 Å². The molecule has 1 aliphatic carbocycles. The van der Waals surface area contributed by atoms with E-state index in [-0.39, 0.29) is 0 Å². The first-order chi connectivity index (χ1) is 17.3. The molecule has 0 radical (unpaired) electrons. The van der Waals surface area contributed by atoms with Crippen LogP contribution < -0.4 is 10.2 Å². The van der Waals surface area contributed by atoms with E-state index in [0.717, 1.165) is 65.6 Å². The van der Waals surface area contributed by atoms with Crippen LogP contribution in [0.3, 0.4) is 0 Å². The van der Waals surface area contributed by atoms with Crippen molar-refractivity contribution in [2.24, 2.45) is 0 Å². The third kappa shape index (κ3) is 3.54. The third-order valence-corrected chi connectivity index (χ3v) is 7.26. The highest BCUT2D eigenvalue weighted by Crippen LogP contribution is 2.45. The van der Waals surface area contributed by atoms with Crippen LogP contribution in [0.25, 0.3) is 44.6 Å². The average Bonchev–Trinajstić information content (AvgIpc) is 3.66. The number of H-pyrrole nitrogens is 1. The summed E-state index contributed by atoms with van der Waals surface area (Å²) >= 11 is 0. The first kappa shape index (κ1) is 20.5. The maximum atomic E-state index is 5.23. The Kier molecular flexibility index (Phi) is 4.77. The Morgan fingerprint density at radius 1 is 0.971 bits per heavy atom. The van der Waals surface area contributed by atoms with E-state index in [1.165, 1.54) is 34.9 Å². The fraction of sp³-hybridized carbons (Fsp3) is 0.286. The van der Waals surface area contributed by atoms with E-state index in [1.807, 2.05) is 24.7 Å². The zero-order chi connectivity index (χ0) is 23.4. The number of anilines is 1. The Morgan fingerprint density at radius 3 is 2.66 bits per heavy atom. The SMILES string of the molecule is Cc1ccccc1-c1cc2c(-c3nc(N4CCNCC4)c4c(C5CC5)cncc4n3)ccnc2[nH]1. The maximum Gasteiger partial charge on any atom is 0.163 e. The Labute approximate surface area is 203 Å². The highest BCUT2D eigenvalue weighted by Gasteiger charge is 2.29. The van der Waals surface area contributed by atoms with Crippen LogP contribution in [0.4, 0.5) is 5.82 Å². The van der Waals surface area contributed by atoms with E-state index in [9.17, 15) is 0 Å². The zero-order valence-electron chi connectivity index (χ0n) is 19.8. The number of rotatable bonds is 4. The summed E-state index contributed by atoms with van der Waals surface area (Å²) in [4.78, 5) is 25.4.